The molecule has 0 spiro atoms. The van der Waals surface area contributed by atoms with Gasteiger partial charge in [-0.1, -0.05) is 0 Å². The molecule has 104 valence electrons. The maximum Gasteiger partial charge on any atom is 0.270 e. The van der Waals surface area contributed by atoms with Crippen molar-refractivity contribution in [2.24, 2.45) is 0 Å². The SMILES string of the molecule is N#Cc1ccc(NC(=O)c2cc([N+](=O)[O-])ccc2F)cc1. The van der Waals surface area contributed by atoms with E-state index in [1.54, 1.807) is 0 Å². The Labute approximate surface area is 118 Å². The Morgan fingerprint density at radius 1 is 1.24 bits per heavy atom. The van der Waals surface area contributed by atoms with Gasteiger partial charge in [0.1, 0.15) is 5.82 Å². The van der Waals surface area contributed by atoms with E-state index in [1.807, 2.05) is 6.07 Å². The summed E-state index contributed by atoms with van der Waals surface area (Å²) in [4.78, 5) is 21.9. The predicted octanol–water partition coefficient (Wildman–Crippen LogP) is 2.86. The van der Waals surface area contributed by atoms with Crippen LogP contribution in [0.1, 0.15) is 15.9 Å². The van der Waals surface area contributed by atoms with Gasteiger partial charge in [-0.25, -0.2) is 4.39 Å². The normalized spacial score (nSPS) is 9.71. The third-order valence-electron chi connectivity index (χ3n) is 2.68. The van der Waals surface area contributed by atoms with Gasteiger partial charge in [0.15, 0.2) is 0 Å². The molecule has 0 aromatic heterocycles. The number of rotatable bonds is 3. The quantitative estimate of drug-likeness (QED) is 0.692. The molecule has 21 heavy (non-hydrogen) atoms. The third-order valence-corrected chi connectivity index (χ3v) is 2.68. The molecule has 6 nitrogen and oxygen atoms in total. The highest BCUT2D eigenvalue weighted by Crippen LogP contribution is 2.18. The first-order valence-electron chi connectivity index (χ1n) is 5.76. The number of carbonyl (C=O) groups excluding carboxylic acids is 1. The number of halogens is 1. The molecule has 2 aromatic carbocycles. The number of hydrogen-bond acceptors (Lipinski definition) is 4. The molecular weight excluding hydrogens is 277 g/mol. The molecule has 2 aromatic rings. The Hall–Kier alpha value is -3.27. The van der Waals surface area contributed by atoms with Crippen molar-refractivity contribution in [3.05, 3.63) is 69.5 Å². The van der Waals surface area contributed by atoms with Crippen LogP contribution >= 0.6 is 0 Å². The van der Waals surface area contributed by atoms with Crippen molar-refractivity contribution in [1.82, 2.24) is 0 Å². The van der Waals surface area contributed by atoms with Crippen molar-refractivity contribution in [2.75, 3.05) is 5.32 Å². The van der Waals surface area contributed by atoms with Crippen LogP contribution in [-0.2, 0) is 0 Å². The largest absolute Gasteiger partial charge is 0.322 e. The number of non-ortho nitro benzene ring substituents is 1. The van der Waals surface area contributed by atoms with Gasteiger partial charge in [0, 0.05) is 17.8 Å². The molecule has 0 bridgehead atoms. The minimum Gasteiger partial charge on any atom is -0.322 e. The molecule has 2 rings (SSSR count). The third kappa shape index (κ3) is 3.19. The molecule has 0 heterocycles. The number of nitriles is 1. The van der Waals surface area contributed by atoms with Gasteiger partial charge in [-0.05, 0) is 30.3 Å². The fourth-order valence-electron chi connectivity index (χ4n) is 1.63. The molecule has 0 saturated heterocycles. The van der Waals surface area contributed by atoms with E-state index in [0.717, 1.165) is 18.2 Å². The zero-order chi connectivity index (χ0) is 15.4. The van der Waals surface area contributed by atoms with Gasteiger partial charge in [-0.3, -0.25) is 14.9 Å². The molecule has 1 amide bonds. The number of carbonyl (C=O) groups is 1. The van der Waals surface area contributed by atoms with Crippen molar-refractivity contribution in [3.8, 4) is 6.07 Å². The molecular formula is C14H8FN3O3. The second kappa shape index (κ2) is 5.79. The van der Waals surface area contributed by atoms with E-state index in [1.165, 1.54) is 24.3 Å². The summed E-state index contributed by atoms with van der Waals surface area (Å²) >= 11 is 0. The maximum absolute atomic E-state index is 13.6. The summed E-state index contributed by atoms with van der Waals surface area (Å²) in [6.45, 7) is 0. The van der Waals surface area contributed by atoms with Crippen LogP contribution in [0.3, 0.4) is 0 Å². The summed E-state index contributed by atoms with van der Waals surface area (Å²) in [6, 6.07) is 10.6. The highest BCUT2D eigenvalue weighted by Gasteiger charge is 2.17. The number of anilines is 1. The number of nitro groups is 1. The van der Waals surface area contributed by atoms with Crippen LogP contribution in [0.15, 0.2) is 42.5 Å². The van der Waals surface area contributed by atoms with Crippen LogP contribution in [0.5, 0.6) is 0 Å². The number of benzene rings is 2. The molecule has 0 aliphatic rings. The topological polar surface area (TPSA) is 96.0 Å². The van der Waals surface area contributed by atoms with Crippen molar-refractivity contribution >= 4 is 17.3 Å². The van der Waals surface area contributed by atoms with Crippen molar-refractivity contribution in [3.63, 3.8) is 0 Å². The van der Waals surface area contributed by atoms with Gasteiger partial charge in [0.2, 0.25) is 0 Å². The zero-order valence-electron chi connectivity index (χ0n) is 10.5. The molecule has 1 N–H and O–H groups in total. The fourth-order valence-corrected chi connectivity index (χ4v) is 1.63. The lowest BCUT2D eigenvalue weighted by Gasteiger charge is -2.06. The Bertz CT molecular complexity index is 751. The van der Waals surface area contributed by atoms with E-state index in [-0.39, 0.29) is 5.69 Å². The second-order valence-corrected chi connectivity index (χ2v) is 4.06. The summed E-state index contributed by atoms with van der Waals surface area (Å²) in [5.74, 6) is -1.66. The van der Waals surface area contributed by atoms with Gasteiger partial charge in [-0.15, -0.1) is 0 Å². The number of hydrogen-bond donors (Lipinski definition) is 1. The lowest BCUT2D eigenvalue weighted by molar-refractivity contribution is -0.384. The lowest BCUT2D eigenvalue weighted by atomic mass is 10.1. The van der Waals surface area contributed by atoms with Crippen LogP contribution in [0.4, 0.5) is 15.8 Å². The molecule has 7 heteroatoms. The Kier molecular flexibility index (Phi) is 3.90. The molecule has 0 atom stereocenters. The highest BCUT2D eigenvalue weighted by atomic mass is 19.1. The van der Waals surface area contributed by atoms with Crippen LogP contribution < -0.4 is 5.32 Å². The maximum atomic E-state index is 13.6. The Balaban J connectivity index is 2.25. The Morgan fingerprint density at radius 3 is 2.48 bits per heavy atom. The summed E-state index contributed by atoms with van der Waals surface area (Å²) in [5.41, 5.74) is -0.0330. The van der Waals surface area contributed by atoms with Crippen LogP contribution in [0.25, 0.3) is 0 Å². The van der Waals surface area contributed by atoms with Gasteiger partial charge in [-0.2, -0.15) is 5.26 Å². The van der Waals surface area contributed by atoms with E-state index in [4.69, 9.17) is 5.26 Å². The van der Waals surface area contributed by atoms with Gasteiger partial charge >= 0.3 is 0 Å². The molecule has 0 aliphatic heterocycles. The molecule has 0 saturated carbocycles. The summed E-state index contributed by atoms with van der Waals surface area (Å²) in [7, 11) is 0. The standard InChI is InChI=1S/C14H8FN3O3/c15-13-6-5-11(18(20)21)7-12(13)14(19)17-10-3-1-9(8-16)2-4-10/h1-7H,(H,17,19). The zero-order valence-corrected chi connectivity index (χ0v) is 10.5. The van der Waals surface area contributed by atoms with Crippen molar-refractivity contribution < 1.29 is 14.1 Å². The average molecular weight is 285 g/mol. The first-order valence-corrected chi connectivity index (χ1v) is 5.76. The van der Waals surface area contributed by atoms with Crippen LogP contribution in [0.2, 0.25) is 0 Å². The first kappa shape index (κ1) is 14.1. The van der Waals surface area contributed by atoms with E-state index < -0.39 is 22.2 Å². The monoisotopic (exact) mass is 285 g/mol. The van der Waals surface area contributed by atoms with Gasteiger partial charge < -0.3 is 5.32 Å². The number of nitrogens with zero attached hydrogens (tertiary/aromatic N) is 2. The smallest absolute Gasteiger partial charge is 0.270 e. The molecule has 0 fully saturated rings. The number of nitrogens with one attached hydrogen (secondary N) is 1. The van der Waals surface area contributed by atoms with Gasteiger partial charge in [0.25, 0.3) is 11.6 Å². The second-order valence-electron chi connectivity index (χ2n) is 4.06. The number of amides is 1. The molecule has 0 aliphatic carbocycles. The average Bonchev–Trinajstić information content (AvgIpc) is 2.48. The summed E-state index contributed by atoms with van der Waals surface area (Å²) in [5, 5.41) is 21.7. The van der Waals surface area contributed by atoms with Crippen LogP contribution in [-0.4, -0.2) is 10.8 Å². The summed E-state index contributed by atoms with van der Waals surface area (Å²) in [6.07, 6.45) is 0. The molecule has 0 radical (unpaired) electrons. The lowest BCUT2D eigenvalue weighted by Crippen LogP contribution is -2.14. The van der Waals surface area contributed by atoms with E-state index in [2.05, 4.69) is 5.32 Å². The van der Waals surface area contributed by atoms with E-state index >= 15 is 0 Å². The first-order chi connectivity index (χ1) is 10.0. The van der Waals surface area contributed by atoms with E-state index in [0.29, 0.717) is 11.3 Å². The highest BCUT2D eigenvalue weighted by molar-refractivity contribution is 6.04. The van der Waals surface area contributed by atoms with Crippen LogP contribution in [0, 0.1) is 27.3 Å². The van der Waals surface area contributed by atoms with Crippen molar-refractivity contribution in [2.45, 2.75) is 0 Å². The Morgan fingerprint density at radius 2 is 1.90 bits per heavy atom. The fraction of sp³-hybridized carbons (Fsp3) is 0. The van der Waals surface area contributed by atoms with Gasteiger partial charge in [0.05, 0.1) is 22.1 Å². The minimum absolute atomic E-state index is 0.352. The number of nitro benzene ring substituents is 1. The summed E-state index contributed by atoms with van der Waals surface area (Å²) < 4.78 is 13.6. The van der Waals surface area contributed by atoms with Crippen molar-refractivity contribution in [1.29, 1.82) is 5.26 Å². The predicted molar refractivity (Wildman–Crippen MR) is 72.2 cm³/mol. The van der Waals surface area contributed by atoms with E-state index in [9.17, 15) is 19.3 Å². The molecule has 0 unspecified atom stereocenters. The minimum atomic E-state index is -0.855.